The number of carboxylic acids is 1. The number of nitrogens with two attached hydrogens (primary N) is 1. The maximum absolute atomic E-state index is 12.1. The molecule has 0 radical (unpaired) electrons. The van der Waals surface area contributed by atoms with Gasteiger partial charge < -0.3 is 26.5 Å². The largest absolute Gasteiger partial charge is 0.480 e. The highest BCUT2D eigenvalue weighted by Gasteiger charge is 2.25. The van der Waals surface area contributed by atoms with E-state index in [1.54, 1.807) is 6.20 Å². The van der Waals surface area contributed by atoms with Crippen LogP contribution in [0.25, 0.3) is 0 Å². The van der Waals surface area contributed by atoms with Gasteiger partial charge in [0, 0.05) is 18.3 Å². The molecule has 1 heterocycles. The number of carbonyl (C=O) groups is 3. The summed E-state index contributed by atoms with van der Waals surface area (Å²) >= 11 is 0. The summed E-state index contributed by atoms with van der Waals surface area (Å²) in [6.45, 7) is 5.20. The van der Waals surface area contributed by atoms with E-state index in [1.165, 1.54) is 13.3 Å². The van der Waals surface area contributed by atoms with Crippen LogP contribution in [0.3, 0.4) is 0 Å². The second kappa shape index (κ2) is 9.02. The number of nitrogens with one attached hydrogen (secondary N) is 3. The van der Waals surface area contributed by atoms with E-state index >= 15 is 0 Å². The maximum Gasteiger partial charge on any atom is 0.326 e. The lowest BCUT2D eigenvalue weighted by Crippen LogP contribution is -2.53. The number of hydrogen-bond acceptors (Lipinski definition) is 5. The molecule has 24 heavy (non-hydrogen) atoms. The molecule has 1 aromatic heterocycles. The number of carbonyl (C=O) groups excluding carboxylic acids is 2. The Labute approximate surface area is 140 Å². The van der Waals surface area contributed by atoms with Crippen LogP contribution in [0.5, 0.6) is 0 Å². The van der Waals surface area contributed by atoms with Crippen LogP contribution in [0.15, 0.2) is 12.5 Å². The van der Waals surface area contributed by atoms with Gasteiger partial charge in [-0.3, -0.25) is 9.59 Å². The second-order valence-electron chi connectivity index (χ2n) is 6.15. The van der Waals surface area contributed by atoms with Crippen molar-refractivity contribution in [1.29, 1.82) is 0 Å². The lowest BCUT2D eigenvalue weighted by molar-refractivity contribution is -0.142. The Balaban J connectivity index is 2.52. The van der Waals surface area contributed by atoms with Gasteiger partial charge in [-0.15, -0.1) is 0 Å². The SMILES string of the molecule is CC(C)CC(NC(=O)C(C)NC(=O)C(N)Cc1cnc[nH]1)C(=O)O. The molecule has 6 N–H and O–H groups in total. The van der Waals surface area contributed by atoms with Crippen molar-refractivity contribution in [2.45, 2.75) is 51.7 Å². The van der Waals surface area contributed by atoms with Crippen LogP contribution >= 0.6 is 0 Å². The Hall–Kier alpha value is -2.42. The van der Waals surface area contributed by atoms with Crippen LogP contribution in [0.4, 0.5) is 0 Å². The lowest BCUT2D eigenvalue weighted by atomic mass is 10.0. The van der Waals surface area contributed by atoms with Gasteiger partial charge in [0.15, 0.2) is 0 Å². The first-order chi connectivity index (χ1) is 11.2. The summed E-state index contributed by atoms with van der Waals surface area (Å²) in [6, 6.07) is -2.72. The third kappa shape index (κ3) is 6.37. The Bertz CT molecular complexity index is 558. The molecule has 134 valence electrons. The van der Waals surface area contributed by atoms with Crippen molar-refractivity contribution in [2.24, 2.45) is 11.7 Å². The number of imidazole rings is 1. The maximum atomic E-state index is 12.1. The van der Waals surface area contributed by atoms with E-state index in [0.717, 1.165) is 0 Å². The Morgan fingerprint density at radius 1 is 1.25 bits per heavy atom. The van der Waals surface area contributed by atoms with Gasteiger partial charge in [0.05, 0.1) is 12.4 Å². The molecule has 9 heteroatoms. The summed E-state index contributed by atoms with van der Waals surface area (Å²) in [7, 11) is 0. The molecule has 0 aliphatic rings. The number of hydrogen-bond donors (Lipinski definition) is 5. The molecule has 1 rings (SSSR count). The molecule has 0 saturated carbocycles. The number of aromatic nitrogens is 2. The summed E-state index contributed by atoms with van der Waals surface area (Å²) in [5.74, 6) is -2.06. The summed E-state index contributed by atoms with van der Waals surface area (Å²) < 4.78 is 0. The molecule has 2 amide bonds. The van der Waals surface area contributed by atoms with Crippen molar-refractivity contribution in [3.8, 4) is 0 Å². The van der Waals surface area contributed by atoms with Gasteiger partial charge in [-0.05, 0) is 19.3 Å². The summed E-state index contributed by atoms with van der Waals surface area (Å²) in [6.07, 6.45) is 3.61. The molecule has 3 unspecified atom stereocenters. The molecule has 9 nitrogen and oxygen atoms in total. The van der Waals surface area contributed by atoms with Crippen molar-refractivity contribution in [2.75, 3.05) is 0 Å². The first-order valence-electron chi connectivity index (χ1n) is 7.77. The molecule has 0 spiro atoms. The summed E-state index contributed by atoms with van der Waals surface area (Å²) in [4.78, 5) is 41.9. The quantitative estimate of drug-likeness (QED) is 0.405. The third-order valence-electron chi connectivity index (χ3n) is 3.41. The van der Waals surface area contributed by atoms with Gasteiger partial charge in [-0.25, -0.2) is 9.78 Å². The van der Waals surface area contributed by atoms with Crippen LogP contribution in [0, 0.1) is 5.92 Å². The third-order valence-corrected chi connectivity index (χ3v) is 3.41. The Morgan fingerprint density at radius 3 is 2.42 bits per heavy atom. The highest BCUT2D eigenvalue weighted by molar-refractivity contribution is 5.91. The Morgan fingerprint density at radius 2 is 1.92 bits per heavy atom. The average molecular weight is 339 g/mol. The fourth-order valence-electron chi connectivity index (χ4n) is 2.10. The van der Waals surface area contributed by atoms with E-state index in [9.17, 15) is 14.4 Å². The van der Waals surface area contributed by atoms with E-state index in [2.05, 4.69) is 20.6 Å². The molecule has 0 saturated heterocycles. The summed E-state index contributed by atoms with van der Waals surface area (Å²) in [5, 5.41) is 14.0. The summed E-state index contributed by atoms with van der Waals surface area (Å²) in [5.41, 5.74) is 6.49. The van der Waals surface area contributed by atoms with Crippen molar-refractivity contribution < 1.29 is 19.5 Å². The van der Waals surface area contributed by atoms with Crippen LogP contribution in [0.1, 0.15) is 32.9 Å². The Kier molecular flexibility index (Phi) is 7.37. The highest BCUT2D eigenvalue weighted by Crippen LogP contribution is 2.05. The van der Waals surface area contributed by atoms with Gasteiger partial charge in [-0.2, -0.15) is 0 Å². The minimum Gasteiger partial charge on any atom is -0.480 e. The molecule has 0 aliphatic carbocycles. The molecule has 0 aromatic carbocycles. The van der Waals surface area contributed by atoms with Crippen molar-refractivity contribution >= 4 is 17.8 Å². The van der Waals surface area contributed by atoms with Crippen LogP contribution in [-0.2, 0) is 20.8 Å². The monoisotopic (exact) mass is 339 g/mol. The van der Waals surface area contributed by atoms with Gasteiger partial charge in [0.1, 0.15) is 12.1 Å². The van der Waals surface area contributed by atoms with Gasteiger partial charge >= 0.3 is 5.97 Å². The van der Waals surface area contributed by atoms with E-state index in [-0.39, 0.29) is 12.3 Å². The molecule has 0 bridgehead atoms. The minimum absolute atomic E-state index is 0.110. The fraction of sp³-hybridized carbons (Fsp3) is 0.600. The van der Waals surface area contributed by atoms with Crippen molar-refractivity contribution in [3.63, 3.8) is 0 Å². The zero-order chi connectivity index (χ0) is 18.3. The average Bonchev–Trinajstić information content (AvgIpc) is 2.98. The normalized spacial score (nSPS) is 14.7. The van der Waals surface area contributed by atoms with Crippen molar-refractivity contribution in [1.82, 2.24) is 20.6 Å². The van der Waals surface area contributed by atoms with Crippen LogP contribution in [-0.4, -0.2) is 51.0 Å². The highest BCUT2D eigenvalue weighted by atomic mass is 16.4. The zero-order valence-electron chi connectivity index (χ0n) is 14.1. The number of rotatable bonds is 9. The van der Waals surface area contributed by atoms with Gasteiger partial charge in [0.2, 0.25) is 11.8 Å². The molecule has 0 aliphatic heterocycles. The van der Waals surface area contributed by atoms with E-state index in [1.807, 2.05) is 13.8 Å². The molecule has 0 fully saturated rings. The number of aromatic amines is 1. The lowest BCUT2D eigenvalue weighted by Gasteiger charge is -2.21. The minimum atomic E-state index is -1.11. The first kappa shape index (κ1) is 19.6. The van der Waals surface area contributed by atoms with Gasteiger partial charge in [-0.1, -0.05) is 13.8 Å². The predicted molar refractivity (Wildman–Crippen MR) is 86.9 cm³/mol. The van der Waals surface area contributed by atoms with E-state index in [4.69, 9.17) is 10.8 Å². The number of aliphatic carboxylic acids is 1. The first-order valence-corrected chi connectivity index (χ1v) is 7.77. The van der Waals surface area contributed by atoms with E-state index < -0.39 is 35.9 Å². The van der Waals surface area contributed by atoms with Crippen molar-refractivity contribution in [3.05, 3.63) is 18.2 Å². The standard InChI is InChI=1S/C15H25N5O4/c1-8(2)4-12(15(23)24)20-13(21)9(3)19-14(22)11(16)5-10-6-17-7-18-10/h6-9,11-12H,4-5,16H2,1-3H3,(H,17,18)(H,19,22)(H,20,21)(H,23,24). The second-order valence-corrected chi connectivity index (χ2v) is 6.15. The smallest absolute Gasteiger partial charge is 0.326 e. The van der Waals surface area contributed by atoms with Crippen LogP contribution in [0.2, 0.25) is 0 Å². The number of nitrogens with zero attached hydrogens (tertiary/aromatic N) is 1. The van der Waals surface area contributed by atoms with Crippen LogP contribution < -0.4 is 16.4 Å². The predicted octanol–water partition coefficient (Wildman–Crippen LogP) is -0.600. The van der Waals surface area contributed by atoms with Gasteiger partial charge in [0.25, 0.3) is 0 Å². The van der Waals surface area contributed by atoms with E-state index in [0.29, 0.717) is 12.1 Å². The molecular formula is C15H25N5O4. The topological polar surface area (TPSA) is 150 Å². The molecule has 3 atom stereocenters. The molecular weight excluding hydrogens is 314 g/mol. The number of amides is 2. The number of H-pyrrole nitrogens is 1. The zero-order valence-corrected chi connectivity index (χ0v) is 14.1. The molecule has 1 aromatic rings. The number of carboxylic acid groups (broad SMARTS) is 1. The fourth-order valence-corrected chi connectivity index (χ4v) is 2.10.